The van der Waals surface area contributed by atoms with Gasteiger partial charge in [0.25, 0.3) is 0 Å². The molecule has 0 spiro atoms. The Morgan fingerprint density at radius 1 is 1.50 bits per heavy atom. The molecule has 1 aromatic carbocycles. The van der Waals surface area contributed by atoms with E-state index in [1.54, 1.807) is 0 Å². The number of rotatable bonds is 3. The third-order valence-corrected chi connectivity index (χ3v) is 2.47. The van der Waals surface area contributed by atoms with Gasteiger partial charge in [0.05, 0.1) is 0 Å². The maximum atomic E-state index is 8.72. The quantitative estimate of drug-likeness (QED) is 0.846. The van der Waals surface area contributed by atoms with Crippen molar-refractivity contribution >= 4 is 24.0 Å². The summed E-state index contributed by atoms with van der Waals surface area (Å²) in [5, 5.41) is 9.47. The average Bonchev–Trinajstić information content (AvgIpc) is 2.10. The Bertz CT molecular complexity index is 291. The van der Waals surface area contributed by atoms with Crippen molar-refractivity contribution in [1.82, 2.24) is 0 Å². The summed E-state index contributed by atoms with van der Waals surface area (Å²) in [6, 6.07) is 5.60. The molecule has 0 bridgehead atoms. The summed E-state index contributed by atoms with van der Waals surface area (Å²) in [4.78, 5) is 0. The molecule has 1 atom stereocenters. The van der Waals surface area contributed by atoms with Crippen LogP contribution in [0.2, 0.25) is 5.02 Å². The van der Waals surface area contributed by atoms with Gasteiger partial charge in [0, 0.05) is 17.7 Å². The summed E-state index contributed by atoms with van der Waals surface area (Å²) in [6.07, 6.45) is 0.584. The van der Waals surface area contributed by atoms with Gasteiger partial charge < -0.3 is 10.8 Å². The van der Waals surface area contributed by atoms with E-state index in [-0.39, 0.29) is 25.1 Å². The molecule has 0 saturated carbocycles. The fourth-order valence-corrected chi connectivity index (χ4v) is 1.32. The van der Waals surface area contributed by atoms with E-state index in [2.05, 4.69) is 0 Å². The van der Waals surface area contributed by atoms with Gasteiger partial charge in [0.2, 0.25) is 0 Å². The van der Waals surface area contributed by atoms with Gasteiger partial charge in [0.15, 0.2) is 0 Å². The number of aliphatic hydroxyl groups excluding tert-OH is 1. The van der Waals surface area contributed by atoms with Crippen LogP contribution < -0.4 is 5.73 Å². The molecule has 0 saturated heterocycles. The number of nitrogens with two attached hydrogens (primary N) is 1. The highest BCUT2D eigenvalue weighted by atomic mass is 35.5. The Morgan fingerprint density at radius 2 is 2.14 bits per heavy atom. The standard InChI is InChI=1S/C10H14ClNO.ClH/c1-7-6-8(2-3-9(7)11)10(12)4-5-13;/h2-3,6,10,13H,4-5,12H2,1H3;1H/t10-;/m0./s1. The fourth-order valence-electron chi connectivity index (χ4n) is 1.20. The molecule has 3 N–H and O–H groups in total. The van der Waals surface area contributed by atoms with Gasteiger partial charge in [-0.25, -0.2) is 0 Å². The summed E-state index contributed by atoms with van der Waals surface area (Å²) in [6.45, 7) is 2.06. The maximum Gasteiger partial charge on any atom is 0.0449 e. The summed E-state index contributed by atoms with van der Waals surface area (Å²) >= 11 is 5.87. The van der Waals surface area contributed by atoms with E-state index in [4.69, 9.17) is 22.4 Å². The van der Waals surface area contributed by atoms with Gasteiger partial charge in [-0.2, -0.15) is 0 Å². The molecule has 1 rings (SSSR count). The predicted molar refractivity (Wildman–Crippen MR) is 62.1 cm³/mol. The van der Waals surface area contributed by atoms with Crippen molar-refractivity contribution in [3.05, 3.63) is 34.3 Å². The first-order valence-corrected chi connectivity index (χ1v) is 4.65. The monoisotopic (exact) mass is 235 g/mol. The molecule has 0 heterocycles. The normalized spacial score (nSPS) is 12.0. The van der Waals surface area contributed by atoms with E-state index in [1.807, 2.05) is 25.1 Å². The van der Waals surface area contributed by atoms with Crippen LogP contribution in [0.1, 0.15) is 23.6 Å². The molecule has 14 heavy (non-hydrogen) atoms. The number of aryl methyl sites for hydroxylation is 1. The van der Waals surface area contributed by atoms with Crippen LogP contribution in [0.25, 0.3) is 0 Å². The zero-order chi connectivity index (χ0) is 9.84. The van der Waals surface area contributed by atoms with Crippen LogP contribution in [0.5, 0.6) is 0 Å². The predicted octanol–water partition coefficient (Wildman–Crippen LogP) is 2.45. The smallest absolute Gasteiger partial charge is 0.0449 e. The number of aliphatic hydroxyl groups is 1. The lowest BCUT2D eigenvalue weighted by atomic mass is 10.0. The number of benzene rings is 1. The lowest BCUT2D eigenvalue weighted by molar-refractivity contribution is 0.276. The Labute approximate surface area is 95.5 Å². The number of halogens is 2. The highest BCUT2D eigenvalue weighted by molar-refractivity contribution is 6.31. The van der Waals surface area contributed by atoms with Crippen molar-refractivity contribution in [1.29, 1.82) is 0 Å². The van der Waals surface area contributed by atoms with E-state index in [0.29, 0.717) is 6.42 Å². The number of hydrogen-bond acceptors (Lipinski definition) is 2. The maximum absolute atomic E-state index is 8.72. The number of hydrogen-bond donors (Lipinski definition) is 2. The first-order valence-electron chi connectivity index (χ1n) is 4.27. The first-order chi connectivity index (χ1) is 6.15. The van der Waals surface area contributed by atoms with E-state index >= 15 is 0 Å². The highest BCUT2D eigenvalue weighted by Gasteiger charge is 2.05. The Balaban J connectivity index is 0.00000169. The summed E-state index contributed by atoms with van der Waals surface area (Å²) in [7, 11) is 0. The Hall–Kier alpha value is -0.280. The van der Waals surface area contributed by atoms with Crippen LogP contribution in [0, 0.1) is 6.92 Å². The average molecular weight is 236 g/mol. The second-order valence-corrected chi connectivity index (χ2v) is 3.53. The molecule has 0 unspecified atom stereocenters. The molecule has 0 amide bonds. The molecule has 4 heteroatoms. The molecule has 0 aliphatic carbocycles. The summed E-state index contributed by atoms with van der Waals surface area (Å²) in [5.74, 6) is 0. The van der Waals surface area contributed by atoms with E-state index in [9.17, 15) is 0 Å². The van der Waals surface area contributed by atoms with Crippen LogP contribution in [-0.4, -0.2) is 11.7 Å². The summed E-state index contributed by atoms with van der Waals surface area (Å²) in [5.41, 5.74) is 7.87. The Morgan fingerprint density at radius 3 is 2.64 bits per heavy atom. The Kier molecular flexibility index (Phi) is 6.12. The SMILES string of the molecule is Cc1cc([C@@H](N)CCO)ccc1Cl.Cl. The zero-order valence-corrected chi connectivity index (χ0v) is 9.61. The van der Waals surface area contributed by atoms with E-state index in [0.717, 1.165) is 16.1 Å². The van der Waals surface area contributed by atoms with Crippen LogP contribution in [0.4, 0.5) is 0 Å². The lowest BCUT2D eigenvalue weighted by Gasteiger charge is -2.11. The molecule has 0 aliphatic rings. The molecular weight excluding hydrogens is 221 g/mol. The van der Waals surface area contributed by atoms with Crippen molar-refractivity contribution in [3.63, 3.8) is 0 Å². The van der Waals surface area contributed by atoms with Gasteiger partial charge in [-0.1, -0.05) is 23.7 Å². The van der Waals surface area contributed by atoms with Crippen LogP contribution in [0.3, 0.4) is 0 Å². The molecule has 80 valence electrons. The van der Waals surface area contributed by atoms with Crippen molar-refractivity contribution in [2.75, 3.05) is 6.61 Å². The van der Waals surface area contributed by atoms with Crippen LogP contribution in [-0.2, 0) is 0 Å². The molecule has 0 radical (unpaired) electrons. The minimum absolute atomic E-state index is 0. The largest absolute Gasteiger partial charge is 0.396 e. The molecule has 2 nitrogen and oxygen atoms in total. The lowest BCUT2D eigenvalue weighted by Crippen LogP contribution is -2.11. The molecule has 0 fully saturated rings. The van der Waals surface area contributed by atoms with E-state index in [1.165, 1.54) is 0 Å². The molecule has 0 aliphatic heterocycles. The van der Waals surface area contributed by atoms with Crippen LogP contribution in [0.15, 0.2) is 18.2 Å². The second-order valence-electron chi connectivity index (χ2n) is 3.13. The van der Waals surface area contributed by atoms with Gasteiger partial charge >= 0.3 is 0 Å². The van der Waals surface area contributed by atoms with Crippen molar-refractivity contribution in [2.45, 2.75) is 19.4 Å². The third-order valence-electron chi connectivity index (χ3n) is 2.05. The fraction of sp³-hybridized carbons (Fsp3) is 0.400. The van der Waals surface area contributed by atoms with Gasteiger partial charge in [-0.05, 0) is 30.5 Å². The van der Waals surface area contributed by atoms with Crippen molar-refractivity contribution < 1.29 is 5.11 Å². The third kappa shape index (κ3) is 3.46. The van der Waals surface area contributed by atoms with Gasteiger partial charge in [-0.3, -0.25) is 0 Å². The minimum Gasteiger partial charge on any atom is -0.396 e. The highest BCUT2D eigenvalue weighted by Crippen LogP contribution is 2.20. The van der Waals surface area contributed by atoms with E-state index < -0.39 is 0 Å². The van der Waals surface area contributed by atoms with Gasteiger partial charge in [-0.15, -0.1) is 12.4 Å². The van der Waals surface area contributed by atoms with Crippen molar-refractivity contribution in [3.8, 4) is 0 Å². The zero-order valence-electron chi connectivity index (χ0n) is 8.03. The molecule has 1 aromatic rings. The summed E-state index contributed by atoms with van der Waals surface area (Å²) < 4.78 is 0. The topological polar surface area (TPSA) is 46.2 Å². The van der Waals surface area contributed by atoms with Crippen LogP contribution >= 0.6 is 24.0 Å². The minimum atomic E-state index is -0.0963. The molecular formula is C10H15Cl2NO. The van der Waals surface area contributed by atoms with Crippen molar-refractivity contribution in [2.24, 2.45) is 5.73 Å². The first kappa shape index (κ1) is 13.7. The molecule has 0 aromatic heterocycles. The second kappa shape index (κ2) is 6.25. The van der Waals surface area contributed by atoms with Gasteiger partial charge in [0.1, 0.15) is 0 Å².